The van der Waals surface area contributed by atoms with Crippen LogP contribution in [0.15, 0.2) is 53.9 Å². The maximum absolute atomic E-state index is 14.2. The number of hydrogen-bond acceptors (Lipinski definition) is 6. The summed E-state index contributed by atoms with van der Waals surface area (Å²) in [5, 5.41) is 0. The summed E-state index contributed by atoms with van der Waals surface area (Å²) in [5.74, 6) is 0.536. The number of morpholine rings is 1. The van der Waals surface area contributed by atoms with Gasteiger partial charge in [0.25, 0.3) is 0 Å². The first-order chi connectivity index (χ1) is 18.4. The highest BCUT2D eigenvalue weighted by atomic mass is 19.1. The number of carbonyl (C=O) groups is 1. The first-order valence-electron chi connectivity index (χ1n) is 13.3. The maximum atomic E-state index is 14.2. The van der Waals surface area contributed by atoms with Crippen LogP contribution in [0, 0.1) is 5.82 Å². The van der Waals surface area contributed by atoms with Crippen LogP contribution in [0.1, 0.15) is 43.9 Å². The van der Waals surface area contributed by atoms with Gasteiger partial charge in [0.2, 0.25) is 5.91 Å². The molecule has 2 aromatic rings. The van der Waals surface area contributed by atoms with Gasteiger partial charge in [0, 0.05) is 49.8 Å². The Kier molecular flexibility index (Phi) is 7.61. The van der Waals surface area contributed by atoms with Gasteiger partial charge < -0.3 is 29.1 Å². The molecule has 0 saturated carbocycles. The van der Waals surface area contributed by atoms with E-state index in [1.54, 1.807) is 13.2 Å². The number of carbonyl (C=O) groups excluding carboxylic acids is 1. The molecule has 0 spiro atoms. The Balaban J connectivity index is 1.39. The van der Waals surface area contributed by atoms with E-state index in [1.165, 1.54) is 11.8 Å². The zero-order valence-corrected chi connectivity index (χ0v) is 22.7. The smallest absolute Gasteiger partial charge is 0.250 e. The molecule has 1 atom stereocenters. The lowest BCUT2D eigenvalue weighted by molar-refractivity contribution is -0.130. The van der Waals surface area contributed by atoms with Crippen molar-refractivity contribution < 1.29 is 18.7 Å². The van der Waals surface area contributed by atoms with Crippen LogP contribution in [-0.4, -0.2) is 69.4 Å². The number of rotatable bonds is 6. The van der Waals surface area contributed by atoms with Gasteiger partial charge in [0.1, 0.15) is 11.6 Å². The van der Waals surface area contributed by atoms with Crippen molar-refractivity contribution in [3.05, 3.63) is 70.8 Å². The molecule has 3 heterocycles. The molecule has 2 fully saturated rings. The number of halogens is 1. The lowest BCUT2D eigenvalue weighted by atomic mass is 9.96. The van der Waals surface area contributed by atoms with E-state index in [-0.39, 0.29) is 17.8 Å². The number of amides is 1. The van der Waals surface area contributed by atoms with Gasteiger partial charge in [-0.3, -0.25) is 4.79 Å². The Morgan fingerprint density at radius 3 is 2.58 bits per heavy atom. The van der Waals surface area contributed by atoms with E-state index in [2.05, 4.69) is 40.9 Å². The van der Waals surface area contributed by atoms with Gasteiger partial charge in [-0.25, -0.2) is 4.39 Å². The van der Waals surface area contributed by atoms with Gasteiger partial charge in [-0.15, -0.1) is 0 Å². The number of benzene rings is 2. The second-order valence-corrected chi connectivity index (χ2v) is 10.3. The van der Waals surface area contributed by atoms with E-state index in [4.69, 9.17) is 9.47 Å². The van der Waals surface area contributed by atoms with Gasteiger partial charge in [-0.2, -0.15) is 0 Å². The average molecular weight is 521 g/mol. The number of methoxy groups -OCH3 is 1. The molecule has 3 aliphatic heterocycles. The third kappa shape index (κ3) is 5.23. The van der Waals surface area contributed by atoms with Crippen molar-refractivity contribution in [2.24, 2.45) is 0 Å². The minimum absolute atomic E-state index is 0.0313. The molecule has 0 aromatic heterocycles. The molecule has 1 amide bonds. The number of ether oxygens (including phenoxy) is 2. The van der Waals surface area contributed by atoms with E-state index in [0.29, 0.717) is 32.8 Å². The standard InChI is InChI=1S/C30H37FN4O3/c1-21-19-34(20-32(21)3)27-10-7-23(17-29(27)37-4)16-24-6-5-11-35(30(24)36)22(2)26-9-8-25(31)18-28(26)33-12-14-38-15-13-33/h7-10,16-19,22H,5-6,11-15,20H2,1-4H3/b24-16+/t22-/m0/s1. The quantitative estimate of drug-likeness (QED) is 0.499. The number of piperidine rings is 1. The van der Waals surface area contributed by atoms with Crippen molar-refractivity contribution in [3.63, 3.8) is 0 Å². The van der Waals surface area contributed by atoms with Crippen molar-refractivity contribution in [2.75, 3.05) is 63.5 Å². The normalized spacial score (nSPS) is 20.3. The molecule has 202 valence electrons. The Morgan fingerprint density at radius 1 is 1.08 bits per heavy atom. The molecule has 0 aliphatic carbocycles. The van der Waals surface area contributed by atoms with Crippen molar-refractivity contribution in [3.8, 4) is 5.75 Å². The maximum Gasteiger partial charge on any atom is 0.250 e. The summed E-state index contributed by atoms with van der Waals surface area (Å²) in [6.07, 6.45) is 5.71. The van der Waals surface area contributed by atoms with Crippen LogP contribution in [-0.2, 0) is 9.53 Å². The van der Waals surface area contributed by atoms with E-state index >= 15 is 0 Å². The Bertz CT molecular complexity index is 1250. The largest absolute Gasteiger partial charge is 0.495 e. The topological polar surface area (TPSA) is 48.5 Å². The van der Waals surface area contributed by atoms with Crippen molar-refractivity contribution in [2.45, 2.75) is 32.7 Å². The lowest BCUT2D eigenvalue weighted by Gasteiger charge is -2.37. The van der Waals surface area contributed by atoms with E-state index in [0.717, 1.165) is 53.3 Å². The number of nitrogens with zero attached hydrogens (tertiary/aromatic N) is 4. The van der Waals surface area contributed by atoms with Crippen LogP contribution in [0.3, 0.4) is 0 Å². The van der Waals surface area contributed by atoms with Crippen molar-refractivity contribution in [1.82, 2.24) is 9.80 Å². The SMILES string of the molecule is COc1cc(/C=C2\CCCN([C@@H](C)c3ccc(F)cc3N3CCOCC3)C2=O)ccc1N1C=C(C)N(C)C1. The first-order valence-corrected chi connectivity index (χ1v) is 13.3. The van der Waals surface area contributed by atoms with Crippen LogP contribution in [0.5, 0.6) is 5.75 Å². The number of anilines is 2. The fraction of sp³-hybridized carbons (Fsp3) is 0.433. The Labute approximate surface area is 224 Å². The number of likely N-dealkylation sites (tertiary alicyclic amines) is 1. The summed E-state index contributed by atoms with van der Waals surface area (Å²) in [6, 6.07) is 10.8. The molecule has 3 aliphatic rings. The highest BCUT2D eigenvalue weighted by Crippen LogP contribution is 2.36. The highest BCUT2D eigenvalue weighted by Gasteiger charge is 2.30. The second-order valence-electron chi connectivity index (χ2n) is 10.3. The van der Waals surface area contributed by atoms with Gasteiger partial charge >= 0.3 is 0 Å². The van der Waals surface area contributed by atoms with Gasteiger partial charge in [0.15, 0.2) is 0 Å². The van der Waals surface area contributed by atoms with Crippen LogP contribution < -0.4 is 14.5 Å². The van der Waals surface area contributed by atoms with Gasteiger partial charge in [-0.05, 0) is 68.2 Å². The molecule has 0 N–H and O–H groups in total. The van der Waals surface area contributed by atoms with Gasteiger partial charge in [-0.1, -0.05) is 12.1 Å². The second kappa shape index (κ2) is 11.1. The fourth-order valence-electron chi connectivity index (χ4n) is 5.53. The molecule has 0 bridgehead atoms. The highest BCUT2D eigenvalue weighted by molar-refractivity contribution is 5.99. The molecular weight excluding hydrogens is 483 g/mol. The van der Waals surface area contributed by atoms with E-state index < -0.39 is 0 Å². The van der Waals surface area contributed by atoms with Crippen LogP contribution in [0.25, 0.3) is 6.08 Å². The van der Waals surface area contributed by atoms with Crippen LogP contribution in [0.2, 0.25) is 0 Å². The molecule has 38 heavy (non-hydrogen) atoms. The third-order valence-electron chi connectivity index (χ3n) is 7.81. The predicted octanol–water partition coefficient (Wildman–Crippen LogP) is 5.01. The van der Waals surface area contributed by atoms with E-state index in [1.807, 2.05) is 36.1 Å². The number of allylic oxidation sites excluding steroid dienone is 1. The minimum Gasteiger partial charge on any atom is -0.495 e. The predicted molar refractivity (Wildman–Crippen MR) is 149 cm³/mol. The molecule has 2 aromatic carbocycles. The summed E-state index contributed by atoms with van der Waals surface area (Å²) in [6.45, 7) is 8.23. The average Bonchev–Trinajstić information content (AvgIpc) is 3.27. The summed E-state index contributed by atoms with van der Waals surface area (Å²) in [5.41, 5.74) is 5.72. The van der Waals surface area contributed by atoms with E-state index in [9.17, 15) is 9.18 Å². The zero-order chi connectivity index (χ0) is 26.8. The Hall–Kier alpha value is -3.52. The fourth-order valence-corrected chi connectivity index (χ4v) is 5.53. The first kappa shape index (κ1) is 26.1. The summed E-state index contributed by atoms with van der Waals surface area (Å²) < 4.78 is 25.5. The molecule has 5 rings (SSSR count). The molecule has 0 unspecified atom stereocenters. The van der Waals surface area contributed by atoms with Gasteiger partial charge in [0.05, 0.1) is 38.7 Å². The molecule has 2 saturated heterocycles. The number of hydrogen-bond donors (Lipinski definition) is 0. The molecule has 7 nitrogen and oxygen atoms in total. The van der Waals surface area contributed by atoms with Crippen LogP contribution in [0.4, 0.5) is 15.8 Å². The molecular formula is C30H37FN4O3. The summed E-state index contributed by atoms with van der Waals surface area (Å²) in [4.78, 5) is 22.1. The monoisotopic (exact) mass is 520 g/mol. The summed E-state index contributed by atoms with van der Waals surface area (Å²) >= 11 is 0. The summed E-state index contributed by atoms with van der Waals surface area (Å²) in [7, 11) is 3.74. The van der Waals surface area contributed by atoms with Crippen molar-refractivity contribution in [1.29, 1.82) is 0 Å². The Morgan fingerprint density at radius 2 is 1.87 bits per heavy atom. The molecule has 8 heteroatoms. The third-order valence-corrected chi connectivity index (χ3v) is 7.81. The molecule has 0 radical (unpaired) electrons. The lowest BCUT2D eigenvalue weighted by Crippen LogP contribution is -2.41. The van der Waals surface area contributed by atoms with Crippen molar-refractivity contribution >= 4 is 23.4 Å². The van der Waals surface area contributed by atoms with Crippen LogP contribution >= 0.6 is 0 Å². The zero-order valence-electron chi connectivity index (χ0n) is 22.7. The minimum atomic E-state index is -0.267.